The van der Waals surface area contributed by atoms with Crippen molar-refractivity contribution in [2.45, 2.75) is 13.0 Å². The van der Waals surface area contributed by atoms with Crippen LogP contribution in [-0.4, -0.2) is 40.7 Å². The lowest BCUT2D eigenvalue weighted by Gasteiger charge is -2.19. The highest BCUT2D eigenvalue weighted by atomic mass is 19.1. The summed E-state index contributed by atoms with van der Waals surface area (Å²) >= 11 is 0. The number of anilines is 1. The molecule has 7 heteroatoms. The molecule has 1 aromatic carbocycles. The van der Waals surface area contributed by atoms with Crippen LogP contribution in [0.1, 0.15) is 6.92 Å². The van der Waals surface area contributed by atoms with Crippen LogP contribution in [0.2, 0.25) is 0 Å². The van der Waals surface area contributed by atoms with Crippen molar-refractivity contribution in [2.24, 2.45) is 0 Å². The molecular weight excluding hydrogens is 304 g/mol. The van der Waals surface area contributed by atoms with E-state index in [4.69, 9.17) is 0 Å². The highest BCUT2D eigenvalue weighted by Gasteiger charge is 2.11. The van der Waals surface area contributed by atoms with Crippen LogP contribution >= 0.6 is 0 Å². The number of nitrogens with one attached hydrogen (secondary N) is 1. The van der Waals surface area contributed by atoms with E-state index in [1.165, 1.54) is 29.3 Å². The first-order valence-electron chi connectivity index (χ1n) is 6.98. The summed E-state index contributed by atoms with van der Waals surface area (Å²) < 4.78 is 26.4. The quantitative estimate of drug-likeness (QED) is 0.910. The van der Waals surface area contributed by atoms with Crippen LogP contribution in [0.15, 0.2) is 36.5 Å². The summed E-state index contributed by atoms with van der Waals surface area (Å²) in [5.74, 6) is -1.04. The van der Waals surface area contributed by atoms with E-state index in [1.807, 2.05) is 0 Å². The Bertz CT molecular complexity index is 670. The summed E-state index contributed by atoms with van der Waals surface area (Å²) in [6.07, 6.45) is 0.780. The Hall–Kier alpha value is -2.54. The Labute approximate surface area is 132 Å². The van der Waals surface area contributed by atoms with Crippen molar-refractivity contribution in [3.05, 3.63) is 48.2 Å². The van der Waals surface area contributed by atoms with Gasteiger partial charge in [-0.15, -0.1) is 0 Å². The number of pyridine rings is 1. The molecule has 0 saturated carbocycles. The third-order valence-electron chi connectivity index (χ3n) is 3.08. The molecule has 23 heavy (non-hydrogen) atoms. The normalized spacial score (nSPS) is 11.9. The molecule has 0 bridgehead atoms. The fourth-order valence-electron chi connectivity index (χ4n) is 2.04. The Balaban J connectivity index is 2.09. The van der Waals surface area contributed by atoms with Crippen LogP contribution in [0, 0.1) is 11.6 Å². The van der Waals surface area contributed by atoms with E-state index in [0.29, 0.717) is 16.9 Å². The second-order valence-electron chi connectivity index (χ2n) is 5.25. The topological polar surface area (TPSA) is 65.5 Å². The molecule has 1 atom stereocenters. The predicted octanol–water partition coefficient (Wildman–Crippen LogP) is 2.87. The minimum Gasteiger partial charge on any atom is -0.392 e. The SMILES string of the molecule is C[C@H](O)CN(C)C(=O)Nc1ccc(-c2cc(F)cc(F)c2)cn1. The number of urea groups is 1. The van der Waals surface area contributed by atoms with Gasteiger partial charge in [0.05, 0.1) is 6.10 Å². The monoisotopic (exact) mass is 321 g/mol. The average molecular weight is 321 g/mol. The fraction of sp³-hybridized carbons (Fsp3) is 0.250. The number of hydrogen-bond acceptors (Lipinski definition) is 3. The maximum Gasteiger partial charge on any atom is 0.322 e. The summed E-state index contributed by atoms with van der Waals surface area (Å²) in [6, 6.07) is 5.92. The van der Waals surface area contributed by atoms with Gasteiger partial charge in [0.25, 0.3) is 0 Å². The number of aliphatic hydroxyl groups excluding tert-OH is 1. The second kappa shape index (κ2) is 7.15. The van der Waals surface area contributed by atoms with Gasteiger partial charge in [0.15, 0.2) is 0 Å². The molecule has 0 aliphatic heterocycles. The molecule has 2 amide bonds. The molecule has 122 valence electrons. The number of hydrogen-bond donors (Lipinski definition) is 2. The minimum absolute atomic E-state index is 0.187. The zero-order chi connectivity index (χ0) is 17.0. The number of carbonyl (C=O) groups is 1. The van der Waals surface area contributed by atoms with Crippen LogP contribution in [0.3, 0.4) is 0 Å². The third kappa shape index (κ3) is 4.72. The highest BCUT2D eigenvalue weighted by molar-refractivity contribution is 5.88. The van der Waals surface area contributed by atoms with Gasteiger partial charge in [0.2, 0.25) is 0 Å². The fourth-order valence-corrected chi connectivity index (χ4v) is 2.04. The molecule has 0 radical (unpaired) electrons. The van der Waals surface area contributed by atoms with Crippen LogP contribution in [-0.2, 0) is 0 Å². The Morgan fingerprint density at radius 1 is 1.26 bits per heavy atom. The summed E-state index contributed by atoms with van der Waals surface area (Å²) in [4.78, 5) is 17.2. The molecule has 1 heterocycles. The number of benzene rings is 1. The van der Waals surface area contributed by atoms with E-state index >= 15 is 0 Å². The molecule has 0 aliphatic carbocycles. The molecule has 0 fully saturated rings. The zero-order valence-corrected chi connectivity index (χ0v) is 12.8. The Morgan fingerprint density at radius 2 is 1.91 bits per heavy atom. The van der Waals surface area contributed by atoms with Crippen LogP contribution in [0.5, 0.6) is 0 Å². The predicted molar refractivity (Wildman–Crippen MR) is 82.9 cm³/mol. The Morgan fingerprint density at radius 3 is 2.43 bits per heavy atom. The van der Waals surface area contributed by atoms with Crippen LogP contribution in [0.25, 0.3) is 11.1 Å². The van der Waals surface area contributed by atoms with E-state index in [2.05, 4.69) is 10.3 Å². The van der Waals surface area contributed by atoms with Gasteiger partial charge in [0.1, 0.15) is 17.5 Å². The lowest BCUT2D eigenvalue weighted by Crippen LogP contribution is -2.36. The first-order chi connectivity index (χ1) is 10.8. The second-order valence-corrected chi connectivity index (χ2v) is 5.25. The molecular formula is C16H17F2N3O2. The molecule has 0 aliphatic rings. The molecule has 2 N–H and O–H groups in total. The molecule has 0 unspecified atom stereocenters. The Kier molecular flexibility index (Phi) is 5.23. The van der Waals surface area contributed by atoms with Gasteiger partial charge in [-0.3, -0.25) is 5.32 Å². The first kappa shape index (κ1) is 16.8. The van der Waals surface area contributed by atoms with Gasteiger partial charge in [-0.1, -0.05) is 0 Å². The smallest absolute Gasteiger partial charge is 0.322 e. The van der Waals surface area contributed by atoms with Crippen molar-refractivity contribution in [2.75, 3.05) is 18.9 Å². The molecule has 5 nitrogen and oxygen atoms in total. The largest absolute Gasteiger partial charge is 0.392 e. The highest BCUT2D eigenvalue weighted by Crippen LogP contribution is 2.22. The number of amides is 2. The lowest BCUT2D eigenvalue weighted by molar-refractivity contribution is 0.149. The molecule has 1 aromatic heterocycles. The zero-order valence-electron chi connectivity index (χ0n) is 12.8. The van der Waals surface area contributed by atoms with Crippen LogP contribution in [0.4, 0.5) is 19.4 Å². The maximum absolute atomic E-state index is 13.2. The number of aromatic nitrogens is 1. The number of aliphatic hydroxyl groups is 1. The third-order valence-corrected chi connectivity index (χ3v) is 3.08. The van der Waals surface area contributed by atoms with Gasteiger partial charge < -0.3 is 10.0 Å². The summed E-state index contributed by atoms with van der Waals surface area (Å²) in [6.45, 7) is 1.77. The van der Waals surface area contributed by atoms with E-state index in [-0.39, 0.29) is 6.54 Å². The summed E-state index contributed by atoms with van der Waals surface area (Å²) in [7, 11) is 1.55. The molecule has 2 rings (SSSR count). The van der Waals surface area contributed by atoms with Crippen molar-refractivity contribution >= 4 is 11.8 Å². The van der Waals surface area contributed by atoms with Crippen molar-refractivity contribution in [3.63, 3.8) is 0 Å². The maximum atomic E-state index is 13.2. The van der Waals surface area contributed by atoms with E-state index < -0.39 is 23.8 Å². The number of likely N-dealkylation sites (N-methyl/N-ethyl adjacent to an activating group) is 1. The van der Waals surface area contributed by atoms with Crippen molar-refractivity contribution in [1.29, 1.82) is 0 Å². The lowest BCUT2D eigenvalue weighted by atomic mass is 10.1. The van der Waals surface area contributed by atoms with Crippen molar-refractivity contribution in [3.8, 4) is 11.1 Å². The number of halogens is 2. The van der Waals surface area contributed by atoms with Gasteiger partial charge in [0, 0.05) is 31.4 Å². The summed E-state index contributed by atoms with van der Waals surface area (Å²) in [5.41, 5.74) is 0.887. The molecule has 0 spiro atoms. The standard InChI is InChI=1S/C16H17F2N3O2/c1-10(22)9-21(2)16(23)20-15-4-3-11(8-19-15)12-5-13(17)7-14(18)6-12/h3-8,10,22H,9H2,1-2H3,(H,19,20,23)/t10-/m0/s1. The van der Waals surface area contributed by atoms with Gasteiger partial charge in [-0.05, 0) is 36.8 Å². The number of rotatable bonds is 4. The van der Waals surface area contributed by atoms with Crippen molar-refractivity contribution < 1.29 is 18.7 Å². The van der Waals surface area contributed by atoms with Crippen molar-refractivity contribution in [1.82, 2.24) is 9.88 Å². The van der Waals surface area contributed by atoms with E-state index in [9.17, 15) is 18.7 Å². The molecule has 2 aromatic rings. The van der Waals surface area contributed by atoms with Gasteiger partial charge >= 0.3 is 6.03 Å². The van der Waals surface area contributed by atoms with Crippen LogP contribution < -0.4 is 5.32 Å². The summed E-state index contributed by atoms with van der Waals surface area (Å²) in [5, 5.41) is 11.8. The van der Waals surface area contributed by atoms with E-state index in [0.717, 1.165) is 6.07 Å². The molecule has 0 saturated heterocycles. The number of carbonyl (C=O) groups excluding carboxylic acids is 1. The number of nitrogens with zero attached hydrogens (tertiary/aromatic N) is 2. The minimum atomic E-state index is -0.669. The first-order valence-corrected chi connectivity index (χ1v) is 6.98. The average Bonchev–Trinajstić information content (AvgIpc) is 2.46. The van der Waals surface area contributed by atoms with Gasteiger partial charge in [-0.2, -0.15) is 0 Å². The van der Waals surface area contributed by atoms with E-state index in [1.54, 1.807) is 20.0 Å². The van der Waals surface area contributed by atoms with Gasteiger partial charge in [-0.25, -0.2) is 18.6 Å².